The quantitative estimate of drug-likeness (QED) is 0.684. The first-order valence-corrected chi connectivity index (χ1v) is 9.07. The molecule has 2 aromatic rings. The highest BCUT2D eigenvalue weighted by molar-refractivity contribution is 9.10. The number of halogens is 1. The van der Waals surface area contributed by atoms with Crippen molar-refractivity contribution in [3.05, 3.63) is 61.1 Å². The van der Waals surface area contributed by atoms with E-state index < -0.39 is 0 Å². The Balaban J connectivity index is 1.81. The Bertz CT molecular complexity index is 765. The van der Waals surface area contributed by atoms with Crippen LogP contribution in [0, 0.1) is 6.92 Å². The third-order valence-corrected chi connectivity index (χ3v) is 5.69. The van der Waals surface area contributed by atoms with E-state index in [-0.39, 0.29) is 11.1 Å². The van der Waals surface area contributed by atoms with Crippen LogP contribution in [-0.2, 0) is 11.3 Å². The zero-order chi connectivity index (χ0) is 15.7. The Morgan fingerprint density at radius 1 is 1.18 bits per heavy atom. The first-order chi connectivity index (χ1) is 10.5. The summed E-state index contributed by atoms with van der Waals surface area (Å²) in [6.07, 6.45) is 1.81. The number of hydrogen-bond donors (Lipinski definition) is 0. The number of aryl methyl sites for hydroxylation is 1. The lowest BCUT2D eigenvalue weighted by atomic mass is 10.2. The number of carbonyl (C=O) groups is 2. The van der Waals surface area contributed by atoms with Gasteiger partial charge in [-0.15, -0.1) is 11.3 Å². The third kappa shape index (κ3) is 3.19. The molecule has 2 heterocycles. The fourth-order valence-corrected chi connectivity index (χ4v) is 4.08. The number of benzene rings is 1. The lowest BCUT2D eigenvalue weighted by Gasteiger charge is -2.12. The van der Waals surface area contributed by atoms with E-state index in [1.54, 1.807) is 11.3 Å². The van der Waals surface area contributed by atoms with E-state index in [4.69, 9.17) is 0 Å². The van der Waals surface area contributed by atoms with Crippen molar-refractivity contribution >= 4 is 56.3 Å². The summed E-state index contributed by atoms with van der Waals surface area (Å²) in [5.41, 5.74) is 2.05. The summed E-state index contributed by atoms with van der Waals surface area (Å²) in [6, 6.07) is 9.61. The van der Waals surface area contributed by atoms with Gasteiger partial charge >= 0.3 is 0 Å². The third-order valence-electron chi connectivity index (χ3n) is 3.29. The number of imide groups is 1. The van der Waals surface area contributed by atoms with Gasteiger partial charge in [-0.1, -0.05) is 28.1 Å². The van der Waals surface area contributed by atoms with Crippen LogP contribution in [-0.4, -0.2) is 16.0 Å². The van der Waals surface area contributed by atoms with Gasteiger partial charge in [0.05, 0.1) is 11.4 Å². The van der Waals surface area contributed by atoms with E-state index in [2.05, 4.69) is 15.9 Å². The van der Waals surface area contributed by atoms with Crippen LogP contribution in [0.4, 0.5) is 4.79 Å². The van der Waals surface area contributed by atoms with E-state index in [0.29, 0.717) is 11.4 Å². The number of hydrogen-bond acceptors (Lipinski definition) is 4. The number of amides is 2. The molecule has 0 bridgehead atoms. The zero-order valence-corrected chi connectivity index (χ0v) is 14.9. The van der Waals surface area contributed by atoms with Gasteiger partial charge < -0.3 is 0 Å². The number of thiophene rings is 1. The second-order valence-corrected chi connectivity index (χ2v) is 7.72. The molecule has 1 aliphatic rings. The van der Waals surface area contributed by atoms with Gasteiger partial charge in [0, 0.05) is 9.35 Å². The van der Waals surface area contributed by atoms with Gasteiger partial charge in [0.2, 0.25) is 0 Å². The molecule has 1 aromatic carbocycles. The van der Waals surface area contributed by atoms with Crippen molar-refractivity contribution in [2.45, 2.75) is 13.5 Å². The highest BCUT2D eigenvalue weighted by Crippen LogP contribution is 2.34. The minimum atomic E-state index is -0.217. The van der Waals surface area contributed by atoms with Gasteiger partial charge in [-0.25, -0.2) is 0 Å². The summed E-state index contributed by atoms with van der Waals surface area (Å²) in [7, 11) is 0. The van der Waals surface area contributed by atoms with Crippen LogP contribution in [0.2, 0.25) is 0 Å². The molecule has 6 heteroatoms. The van der Waals surface area contributed by atoms with Crippen LogP contribution in [0.3, 0.4) is 0 Å². The molecule has 1 aromatic heterocycles. The summed E-state index contributed by atoms with van der Waals surface area (Å²) in [5, 5.41) is 1.76. The Labute approximate surface area is 145 Å². The molecular formula is C16H12BrNO2S2. The van der Waals surface area contributed by atoms with Crippen molar-refractivity contribution in [3.63, 3.8) is 0 Å². The summed E-state index contributed by atoms with van der Waals surface area (Å²) in [5.74, 6) is -0.217. The molecule has 0 N–H and O–H groups in total. The molecule has 22 heavy (non-hydrogen) atoms. The average molecular weight is 394 g/mol. The molecule has 1 fully saturated rings. The van der Waals surface area contributed by atoms with Crippen LogP contribution < -0.4 is 0 Å². The van der Waals surface area contributed by atoms with Gasteiger partial charge in [0.15, 0.2) is 0 Å². The van der Waals surface area contributed by atoms with Crippen LogP contribution >= 0.6 is 39.0 Å². The SMILES string of the molecule is Cc1ccsc1/C=C1\SC(=O)N(Cc2ccc(Br)cc2)C1=O. The first-order valence-electron chi connectivity index (χ1n) is 6.58. The standard InChI is InChI=1S/C16H12BrNO2S2/c1-10-6-7-21-13(10)8-14-15(19)18(16(20)22-14)9-11-2-4-12(17)5-3-11/h2-8H,9H2,1H3/b14-8-. The normalized spacial score (nSPS) is 16.8. The molecule has 0 unspecified atom stereocenters. The van der Waals surface area contributed by atoms with Crippen molar-refractivity contribution in [2.75, 3.05) is 0 Å². The maximum Gasteiger partial charge on any atom is 0.293 e. The minimum Gasteiger partial charge on any atom is -0.268 e. The van der Waals surface area contributed by atoms with E-state index in [1.807, 2.05) is 48.7 Å². The van der Waals surface area contributed by atoms with Crippen molar-refractivity contribution in [3.8, 4) is 0 Å². The second-order valence-electron chi connectivity index (χ2n) is 4.86. The fourth-order valence-electron chi connectivity index (χ4n) is 2.06. The van der Waals surface area contributed by atoms with Crippen molar-refractivity contribution in [1.29, 1.82) is 0 Å². The summed E-state index contributed by atoms with van der Waals surface area (Å²) in [6.45, 7) is 2.30. The number of thioether (sulfide) groups is 1. The van der Waals surface area contributed by atoms with Crippen LogP contribution in [0.1, 0.15) is 16.0 Å². The molecule has 112 valence electrons. The van der Waals surface area contributed by atoms with Crippen molar-refractivity contribution in [1.82, 2.24) is 4.90 Å². The predicted octanol–water partition coefficient (Wildman–Crippen LogP) is 5.06. The van der Waals surface area contributed by atoms with Gasteiger partial charge in [-0.05, 0) is 59.5 Å². The number of rotatable bonds is 3. The van der Waals surface area contributed by atoms with E-state index in [0.717, 1.165) is 32.2 Å². The molecule has 3 nitrogen and oxygen atoms in total. The van der Waals surface area contributed by atoms with Gasteiger partial charge in [-0.2, -0.15) is 0 Å². The highest BCUT2D eigenvalue weighted by Gasteiger charge is 2.35. The van der Waals surface area contributed by atoms with Crippen LogP contribution in [0.5, 0.6) is 0 Å². The molecule has 0 atom stereocenters. The van der Waals surface area contributed by atoms with E-state index >= 15 is 0 Å². The average Bonchev–Trinajstić information content (AvgIpc) is 3.00. The van der Waals surface area contributed by atoms with E-state index in [9.17, 15) is 9.59 Å². The summed E-state index contributed by atoms with van der Waals surface area (Å²) < 4.78 is 0.971. The largest absolute Gasteiger partial charge is 0.293 e. The van der Waals surface area contributed by atoms with Gasteiger partial charge in [0.25, 0.3) is 11.1 Å². The molecule has 1 aliphatic heterocycles. The Kier molecular flexibility index (Phi) is 4.52. The molecule has 2 amide bonds. The highest BCUT2D eigenvalue weighted by atomic mass is 79.9. The lowest BCUT2D eigenvalue weighted by molar-refractivity contribution is -0.123. The molecule has 0 aliphatic carbocycles. The molecule has 0 saturated carbocycles. The first kappa shape index (κ1) is 15.5. The smallest absolute Gasteiger partial charge is 0.268 e. The summed E-state index contributed by atoms with van der Waals surface area (Å²) in [4.78, 5) is 27.3. The topological polar surface area (TPSA) is 37.4 Å². The van der Waals surface area contributed by atoms with Crippen molar-refractivity contribution < 1.29 is 9.59 Å². The maximum absolute atomic E-state index is 12.4. The van der Waals surface area contributed by atoms with Crippen LogP contribution in [0.15, 0.2) is 45.1 Å². The van der Waals surface area contributed by atoms with E-state index in [1.165, 1.54) is 4.90 Å². The molecule has 0 spiro atoms. The fraction of sp³-hybridized carbons (Fsp3) is 0.125. The Morgan fingerprint density at radius 2 is 1.91 bits per heavy atom. The maximum atomic E-state index is 12.4. The Hall–Kier alpha value is -1.37. The second kappa shape index (κ2) is 6.40. The van der Waals surface area contributed by atoms with Gasteiger partial charge in [-0.3, -0.25) is 14.5 Å². The minimum absolute atomic E-state index is 0.214. The zero-order valence-electron chi connectivity index (χ0n) is 11.7. The molecular weight excluding hydrogens is 382 g/mol. The lowest BCUT2D eigenvalue weighted by Crippen LogP contribution is -2.27. The Morgan fingerprint density at radius 3 is 2.55 bits per heavy atom. The monoisotopic (exact) mass is 393 g/mol. The number of nitrogens with zero attached hydrogens (tertiary/aromatic N) is 1. The van der Waals surface area contributed by atoms with Crippen molar-refractivity contribution in [2.24, 2.45) is 0 Å². The molecule has 1 saturated heterocycles. The van der Waals surface area contributed by atoms with Crippen LogP contribution in [0.25, 0.3) is 6.08 Å². The molecule has 3 rings (SSSR count). The predicted molar refractivity (Wildman–Crippen MR) is 94.7 cm³/mol. The van der Waals surface area contributed by atoms with Gasteiger partial charge in [0.1, 0.15) is 0 Å². The number of carbonyl (C=O) groups excluding carboxylic acids is 2. The molecule has 0 radical (unpaired) electrons. The summed E-state index contributed by atoms with van der Waals surface area (Å²) >= 11 is 5.95.